The number of rotatable bonds is 6. The van der Waals surface area contributed by atoms with E-state index in [0.717, 1.165) is 25.2 Å². The van der Waals surface area contributed by atoms with Crippen molar-refractivity contribution < 1.29 is 4.39 Å². The molecule has 0 radical (unpaired) electrons. The second-order valence-electron chi connectivity index (χ2n) is 9.22. The zero-order chi connectivity index (χ0) is 23.1. The number of anilines is 2. The van der Waals surface area contributed by atoms with Crippen LogP contribution in [0.4, 0.5) is 15.9 Å². The van der Waals surface area contributed by atoms with Crippen molar-refractivity contribution in [2.75, 3.05) is 5.32 Å². The molecule has 3 N–H and O–H groups in total. The Balaban J connectivity index is 1.45. The van der Waals surface area contributed by atoms with E-state index in [9.17, 15) is 14.4 Å². The number of aromatic amines is 1. The van der Waals surface area contributed by atoms with Crippen molar-refractivity contribution >= 4 is 34.0 Å². The lowest BCUT2D eigenvalue weighted by atomic mass is 9.82. The fourth-order valence-electron chi connectivity index (χ4n) is 4.99. The zero-order valence-electron chi connectivity index (χ0n) is 18.3. The first kappa shape index (κ1) is 21.9. The molecule has 33 heavy (non-hydrogen) atoms. The highest BCUT2D eigenvalue weighted by atomic mass is 35.5. The van der Waals surface area contributed by atoms with E-state index in [-0.39, 0.29) is 22.5 Å². The van der Waals surface area contributed by atoms with Gasteiger partial charge >= 0.3 is 0 Å². The van der Waals surface area contributed by atoms with Crippen LogP contribution in [0.2, 0.25) is 5.02 Å². The predicted molar refractivity (Wildman–Crippen MR) is 126 cm³/mol. The number of nitrogens with one attached hydrogen (secondary N) is 3. The maximum absolute atomic E-state index is 13.9. The first-order valence-electron chi connectivity index (χ1n) is 11.4. The average Bonchev–Trinajstić information content (AvgIpc) is 3.59. The monoisotopic (exact) mass is 468 g/mol. The number of halogens is 2. The molecule has 0 amide bonds. The van der Waals surface area contributed by atoms with E-state index >= 15 is 0 Å². The van der Waals surface area contributed by atoms with Crippen molar-refractivity contribution in [1.82, 2.24) is 20.1 Å². The van der Waals surface area contributed by atoms with Gasteiger partial charge in [0, 0.05) is 24.0 Å². The molecule has 172 valence electrons. The molecule has 0 saturated heterocycles. The summed E-state index contributed by atoms with van der Waals surface area (Å²) in [5, 5.41) is 21.8. The molecule has 2 aliphatic carbocycles. The fourth-order valence-corrected chi connectivity index (χ4v) is 5.11. The van der Waals surface area contributed by atoms with Crippen LogP contribution in [0.5, 0.6) is 0 Å². The van der Waals surface area contributed by atoms with Crippen molar-refractivity contribution in [3.63, 3.8) is 0 Å². The first-order chi connectivity index (χ1) is 15.9. The number of pyridine rings is 1. The van der Waals surface area contributed by atoms with E-state index in [0.29, 0.717) is 34.5 Å². The van der Waals surface area contributed by atoms with E-state index < -0.39 is 5.82 Å². The second kappa shape index (κ2) is 8.81. The Bertz CT molecular complexity index is 1280. The van der Waals surface area contributed by atoms with E-state index in [1.165, 1.54) is 25.0 Å². The summed E-state index contributed by atoms with van der Waals surface area (Å²) in [7, 11) is 0. The van der Waals surface area contributed by atoms with Crippen molar-refractivity contribution in [3.8, 4) is 6.07 Å². The Morgan fingerprint density at radius 1 is 1.30 bits per heavy atom. The van der Waals surface area contributed by atoms with Gasteiger partial charge < -0.3 is 15.6 Å². The summed E-state index contributed by atoms with van der Waals surface area (Å²) < 4.78 is 15.7. The number of hydrogen-bond donors (Lipinski definition) is 3. The molecule has 2 aromatic heterocycles. The van der Waals surface area contributed by atoms with Crippen LogP contribution in [0.25, 0.3) is 10.9 Å². The highest BCUT2D eigenvalue weighted by Crippen LogP contribution is 2.38. The molecule has 3 aromatic rings. The van der Waals surface area contributed by atoms with Gasteiger partial charge in [0.2, 0.25) is 0 Å². The van der Waals surface area contributed by atoms with Crippen molar-refractivity contribution in [3.05, 3.63) is 51.7 Å². The molecule has 5 rings (SSSR count). The summed E-state index contributed by atoms with van der Waals surface area (Å²) in [6.07, 6.45) is 6.62. The van der Waals surface area contributed by atoms with Gasteiger partial charge in [0.15, 0.2) is 5.82 Å². The Morgan fingerprint density at radius 3 is 2.85 bits per heavy atom. The van der Waals surface area contributed by atoms with Gasteiger partial charge in [-0.2, -0.15) is 10.4 Å². The number of H-pyrrole nitrogens is 1. The number of nitriles is 1. The van der Waals surface area contributed by atoms with Gasteiger partial charge in [0.05, 0.1) is 28.6 Å². The average molecular weight is 469 g/mol. The molecule has 7 nitrogen and oxygen atoms in total. The molecule has 2 aliphatic rings. The second-order valence-corrected chi connectivity index (χ2v) is 9.63. The molecule has 2 fully saturated rings. The topological polar surface area (TPSA) is 98.5 Å². The quantitative estimate of drug-likeness (QED) is 0.478. The summed E-state index contributed by atoms with van der Waals surface area (Å²) in [6, 6.07) is 9.26. The van der Waals surface area contributed by atoms with Gasteiger partial charge in [-0.15, -0.1) is 0 Å². The van der Waals surface area contributed by atoms with Crippen LogP contribution in [0.3, 0.4) is 0 Å². The van der Waals surface area contributed by atoms with Crippen LogP contribution in [0, 0.1) is 29.0 Å². The van der Waals surface area contributed by atoms with Crippen LogP contribution >= 0.6 is 11.6 Å². The summed E-state index contributed by atoms with van der Waals surface area (Å²) in [5.74, 6) is 0.297. The van der Waals surface area contributed by atoms with Gasteiger partial charge in [-0.1, -0.05) is 11.6 Å². The third kappa shape index (κ3) is 4.35. The van der Waals surface area contributed by atoms with E-state index in [2.05, 4.69) is 28.6 Å². The Morgan fingerprint density at radius 2 is 2.12 bits per heavy atom. The minimum atomic E-state index is -0.560. The molecular formula is C24H26ClFN6O. The standard InChI is InChI=1S/C24H26ClFN6O/c1-13(14-2-3-14)29-16-5-7-20(15(10-16)12-27)32-21-8-9-28-24(33)22(21)23(31-32)30-17-4-6-18(25)19(26)11-17/h4,6,8-9,11,13-16,20,29H,2-3,5,7,10H2,1H3,(H,28,33)(H,30,31). The number of benzene rings is 1. The van der Waals surface area contributed by atoms with Crippen LogP contribution in [0.1, 0.15) is 45.1 Å². The lowest BCUT2D eigenvalue weighted by molar-refractivity contribution is 0.219. The predicted octanol–water partition coefficient (Wildman–Crippen LogP) is 4.88. The van der Waals surface area contributed by atoms with Gasteiger partial charge in [0.25, 0.3) is 5.56 Å². The van der Waals surface area contributed by atoms with Gasteiger partial charge in [-0.3, -0.25) is 9.48 Å². The van der Waals surface area contributed by atoms with Crippen molar-refractivity contribution in [1.29, 1.82) is 5.26 Å². The van der Waals surface area contributed by atoms with Crippen LogP contribution in [0.15, 0.2) is 35.3 Å². The maximum atomic E-state index is 13.9. The first-order valence-corrected chi connectivity index (χ1v) is 11.8. The third-order valence-electron chi connectivity index (χ3n) is 6.93. The number of aromatic nitrogens is 3. The molecular weight excluding hydrogens is 443 g/mol. The highest BCUT2D eigenvalue weighted by molar-refractivity contribution is 6.30. The minimum absolute atomic E-state index is 0.0204. The van der Waals surface area contributed by atoms with E-state index in [4.69, 9.17) is 16.7 Å². The third-order valence-corrected chi connectivity index (χ3v) is 7.24. The smallest absolute Gasteiger partial charge is 0.261 e. The normalized spacial score (nSPS) is 23.9. The number of fused-ring (bicyclic) bond motifs is 1. The van der Waals surface area contributed by atoms with Crippen LogP contribution in [-0.2, 0) is 0 Å². The SMILES string of the molecule is CC(NC1CCC(n2nc(Nc3ccc(Cl)c(F)c3)c3c(=O)[nH]ccc32)C(C#N)C1)C1CC1. The summed E-state index contributed by atoms with van der Waals surface area (Å²) >= 11 is 5.79. The maximum Gasteiger partial charge on any atom is 0.261 e. The van der Waals surface area contributed by atoms with Crippen LogP contribution in [-0.4, -0.2) is 26.8 Å². The summed E-state index contributed by atoms with van der Waals surface area (Å²) in [6.45, 7) is 2.23. The molecule has 2 saturated carbocycles. The van der Waals surface area contributed by atoms with Crippen molar-refractivity contribution in [2.24, 2.45) is 11.8 Å². The molecule has 4 atom stereocenters. The lowest BCUT2D eigenvalue weighted by Gasteiger charge is -2.35. The highest BCUT2D eigenvalue weighted by Gasteiger charge is 2.36. The zero-order valence-corrected chi connectivity index (χ0v) is 19.1. The summed E-state index contributed by atoms with van der Waals surface area (Å²) in [4.78, 5) is 15.4. The van der Waals surface area contributed by atoms with Gasteiger partial charge in [-0.05, 0) is 69.2 Å². The Kier molecular flexibility index (Phi) is 5.85. The molecule has 9 heteroatoms. The fraction of sp³-hybridized carbons (Fsp3) is 0.458. The summed E-state index contributed by atoms with van der Waals surface area (Å²) in [5.41, 5.74) is 0.794. The Hall–Kier alpha value is -2.89. The van der Waals surface area contributed by atoms with E-state index in [1.807, 2.05) is 0 Å². The van der Waals surface area contributed by atoms with Gasteiger partial charge in [0.1, 0.15) is 11.2 Å². The largest absolute Gasteiger partial charge is 0.338 e. The molecule has 0 aliphatic heterocycles. The molecule has 1 aromatic carbocycles. The molecule has 4 unspecified atom stereocenters. The molecule has 2 heterocycles. The van der Waals surface area contributed by atoms with E-state index in [1.54, 1.807) is 23.0 Å². The molecule has 0 spiro atoms. The van der Waals surface area contributed by atoms with Crippen molar-refractivity contribution in [2.45, 2.75) is 57.2 Å². The Labute approximate surface area is 195 Å². The number of hydrogen-bond acceptors (Lipinski definition) is 5. The molecule has 0 bridgehead atoms. The lowest BCUT2D eigenvalue weighted by Crippen LogP contribution is -2.43. The minimum Gasteiger partial charge on any atom is -0.338 e. The van der Waals surface area contributed by atoms with Gasteiger partial charge in [-0.25, -0.2) is 4.39 Å². The number of nitrogens with zero attached hydrogens (tertiary/aromatic N) is 3. The van der Waals surface area contributed by atoms with Crippen LogP contribution < -0.4 is 16.2 Å².